The molecule has 0 aliphatic carbocycles. The summed E-state index contributed by atoms with van der Waals surface area (Å²) in [5, 5.41) is 11.5. The summed E-state index contributed by atoms with van der Waals surface area (Å²) >= 11 is 6.58. The summed E-state index contributed by atoms with van der Waals surface area (Å²) in [5.41, 5.74) is 3.68. The van der Waals surface area contributed by atoms with Crippen molar-refractivity contribution in [3.05, 3.63) is 107 Å². The molecule has 36 heavy (non-hydrogen) atoms. The fourth-order valence-corrected chi connectivity index (χ4v) is 4.40. The monoisotopic (exact) mass is 500 g/mol. The zero-order valence-corrected chi connectivity index (χ0v) is 20.6. The first-order valence-corrected chi connectivity index (χ1v) is 11.9. The first-order chi connectivity index (χ1) is 17.6. The number of methoxy groups -OCH3 is 1. The average molecular weight is 501 g/mol. The quantitative estimate of drug-likeness (QED) is 0.313. The Morgan fingerprint density at radius 2 is 1.89 bits per heavy atom. The lowest BCUT2D eigenvalue weighted by Gasteiger charge is -2.27. The second-order valence-electron chi connectivity index (χ2n) is 8.17. The molecule has 8 heteroatoms. The van der Waals surface area contributed by atoms with E-state index in [2.05, 4.69) is 15.7 Å². The van der Waals surface area contributed by atoms with E-state index in [-0.39, 0.29) is 11.9 Å². The van der Waals surface area contributed by atoms with Gasteiger partial charge in [0.25, 0.3) is 5.91 Å². The number of amides is 1. The molecule has 2 N–H and O–H groups in total. The van der Waals surface area contributed by atoms with Crippen molar-refractivity contribution >= 4 is 34.7 Å². The summed E-state index contributed by atoms with van der Waals surface area (Å²) in [4.78, 5) is 13.3. The lowest BCUT2D eigenvalue weighted by atomic mass is 10.0. The topological polar surface area (TPSA) is 77.4 Å². The van der Waals surface area contributed by atoms with Crippen LogP contribution in [0, 0.1) is 0 Å². The maximum absolute atomic E-state index is 13.3. The number of allylic oxidation sites excluding steroid dienone is 1. The van der Waals surface area contributed by atoms with Gasteiger partial charge in [-0.2, -0.15) is 5.10 Å². The van der Waals surface area contributed by atoms with Gasteiger partial charge in [0, 0.05) is 22.0 Å². The van der Waals surface area contributed by atoms with E-state index in [4.69, 9.17) is 21.1 Å². The Hall–Kier alpha value is -4.23. The van der Waals surface area contributed by atoms with Gasteiger partial charge in [0.05, 0.1) is 19.9 Å². The molecule has 2 heterocycles. The number of fused-ring (bicyclic) bond motifs is 1. The standard InChI is InChI=1S/C28H25ClN4O3/c1-3-36-20-13-11-19(12-14-20)31-28(34)23-17-30-33-26(22-9-4-5-10-24(22)29)16-25(32-27(23)33)18-7-6-8-21(15-18)35-2/h4-17,26,32H,3H2,1-2H3,(H,31,34)/t26-/m0/s1. The van der Waals surface area contributed by atoms with Crippen LogP contribution in [0.2, 0.25) is 5.02 Å². The average Bonchev–Trinajstić information content (AvgIpc) is 3.34. The Kier molecular flexibility index (Phi) is 6.64. The molecule has 1 amide bonds. The smallest absolute Gasteiger partial charge is 0.261 e. The fourth-order valence-electron chi connectivity index (χ4n) is 4.16. The van der Waals surface area contributed by atoms with Crippen LogP contribution in [0.25, 0.3) is 5.70 Å². The summed E-state index contributed by atoms with van der Waals surface area (Å²) < 4.78 is 12.7. The van der Waals surface area contributed by atoms with E-state index in [1.165, 1.54) is 0 Å². The molecule has 1 aliphatic rings. The number of anilines is 2. The molecular formula is C28H25ClN4O3. The van der Waals surface area contributed by atoms with Gasteiger partial charge in [0.1, 0.15) is 28.9 Å². The maximum Gasteiger partial charge on any atom is 0.261 e. The number of hydrogen-bond acceptors (Lipinski definition) is 5. The van der Waals surface area contributed by atoms with E-state index in [0.29, 0.717) is 28.7 Å². The molecule has 4 aromatic rings. The third-order valence-corrected chi connectivity index (χ3v) is 6.25. The molecule has 0 unspecified atom stereocenters. The summed E-state index contributed by atoms with van der Waals surface area (Å²) in [6.07, 6.45) is 3.61. The second kappa shape index (κ2) is 10.2. The fraction of sp³-hybridized carbons (Fsp3) is 0.143. The second-order valence-corrected chi connectivity index (χ2v) is 8.57. The van der Waals surface area contributed by atoms with Crippen molar-refractivity contribution in [3.8, 4) is 11.5 Å². The Morgan fingerprint density at radius 3 is 2.64 bits per heavy atom. The van der Waals surface area contributed by atoms with Gasteiger partial charge in [0.2, 0.25) is 0 Å². The zero-order valence-electron chi connectivity index (χ0n) is 19.9. The van der Waals surface area contributed by atoms with Gasteiger partial charge >= 0.3 is 0 Å². The van der Waals surface area contributed by atoms with E-state index in [0.717, 1.165) is 28.3 Å². The number of nitrogens with zero attached hydrogens (tertiary/aromatic N) is 2. The number of hydrogen-bond donors (Lipinski definition) is 2. The van der Waals surface area contributed by atoms with Crippen LogP contribution in [0.4, 0.5) is 11.5 Å². The van der Waals surface area contributed by atoms with E-state index in [1.807, 2.05) is 73.7 Å². The largest absolute Gasteiger partial charge is 0.497 e. The minimum atomic E-state index is -0.317. The Bertz CT molecular complexity index is 1430. The minimum absolute atomic E-state index is 0.280. The highest BCUT2D eigenvalue weighted by molar-refractivity contribution is 6.31. The summed E-state index contributed by atoms with van der Waals surface area (Å²) in [7, 11) is 1.63. The van der Waals surface area contributed by atoms with Crippen LogP contribution in [0.1, 0.15) is 34.5 Å². The lowest BCUT2D eigenvalue weighted by Crippen LogP contribution is -2.22. The van der Waals surface area contributed by atoms with E-state index < -0.39 is 0 Å². The molecule has 182 valence electrons. The molecule has 0 radical (unpaired) electrons. The maximum atomic E-state index is 13.3. The molecule has 0 spiro atoms. The lowest BCUT2D eigenvalue weighted by molar-refractivity contribution is 0.102. The molecule has 1 atom stereocenters. The van der Waals surface area contributed by atoms with E-state index >= 15 is 0 Å². The van der Waals surface area contributed by atoms with Crippen LogP contribution in [0.15, 0.2) is 85.1 Å². The molecule has 0 bridgehead atoms. The van der Waals surface area contributed by atoms with Gasteiger partial charge in [-0.25, -0.2) is 4.68 Å². The highest BCUT2D eigenvalue weighted by atomic mass is 35.5. The van der Waals surface area contributed by atoms with Crippen molar-refractivity contribution in [3.63, 3.8) is 0 Å². The summed E-state index contributed by atoms with van der Waals surface area (Å²) in [6.45, 7) is 2.51. The van der Waals surface area contributed by atoms with Gasteiger partial charge in [0.15, 0.2) is 0 Å². The van der Waals surface area contributed by atoms with Crippen molar-refractivity contribution in [1.29, 1.82) is 0 Å². The van der Waals surface area contributed by atoms with Crippen molar-refractivity contribution in [2.75, 3.05) is 24.4 Å². The van der Waals surface area contributed by atoms with Gasteiger partial charge in [-0.05, 0) is 61.0 Å². The summed E-state index contributed by atoms with van der Waals surface area (Å²) in [6, 6.07) is 22.3. The summed E-state index contributed by atoms with van der Waals surface area (Å²) in [5.74, 6) is 1.77. The third kappa shape index (κ3) is 4.65. The molecular weight excluding hydrogens is 476 g/mol. The van der Waals surface area contributed by atoms with Crippen LogP contribution < -0.4 is 20.1 Å². The van der Waals surface area contributed by atoms with Crippen LogP contribution in [0.3, 0.4) is 0 Å². The number of aromatic nitrogens is 2. The van der Waals surface area contributed by atoms with E-state index in [9.17, 15) is 4.79 Å². The number of carbonyl (C=O) groups is 1. The third-order valence-electron chi connectivity index (χ3n) is 5.91. The SMILES string of the molecule is CCOc1ccc(NC(=O)c2cnn3c2NC(c2cccc(OC)c2)=C[C@H]3c2ccccc2Cl)cc1. The van der Waals surface area contributed by atoms with Crippen molar-refractivity contribution < 1.29 is 14.3 Å². The Balaban J connectivity index is 1.52. The molecule has 5 rings (SSSR count). The van der Waals surface area contributed by atoms with Crippen molar-refractivity contribution in [1.82, 2.24) is 9.78 Å². The molecule has 1 aliphatic heterocycles. The molecule has 0 saturated carbocycles. The number of benzene rings is 3. The molecule has 1 aromatic heterocycles. The van der Waals surface area contributed by atoms with Gasteiger partial charge < -0.3 is 20.1 Å². The highest BCUT2D eigenvalue weighted by Gasteiger charge is 2.29. The van der Waals surface area contributed by atoms with Crippen molar-refractivity contribution in [2.45, 2.75) is 13.0 Å². The molecule has 0 fully saturated rings. The van der Waals surface area contributed by atoms with Crippen LogP contribution in [0.5, 0.6) is 11.5 Å². The van der Waals surface area contributed by atoms with Crippen LogP contribution in [-0.2, 0) is 0 Å². The number of rotatable bonds is 7. The zero-order chi connectivity index (χ0) is 25.1. The van der Waals surface area contributed by atoms with Crippen LogP contribution >= 0.6 is 11.6 Å². The first kappa shape index (κ1) is 23.5. The Morgan fingerprint density at radius 1 is 1.08 bits per heavy atom. The number of carbonyl (C=O) groups excluding carboxylic acids is 1. The molecule has 3 aromatic carbocycles. The molecule has 7 nitrogen and oxygen atoms in total. The highest BCUT2D eigenvalue weighted by Crippen LogP contribution is 2.38. The predicted octanol–water partition coefficient (Wildman–Crippen LogP) is 6.25. The Labute approximate surface area is 214 Å². The molecule has 0 saturated heterocycles. The van der Waals surface area contributed by atoms with Crippen molar-refractivity contribution in [2.24, 2.45) is 0 Å². The minimum Gasteiger partial charge on any atom is -0.497 e. The first-order valence-electron chi connectivity index (χ1n) is 11.6. The van der Waals surface area contributed by atoms with Gasteiger partial charge in [-0.3, -0.25) is 4.79 Å². The van der Waals surface area contributed by atoms with Gasteiger partial charge in [-0.1, -0.05) is 41.9 Å². The number of nitrogens with one attached hydrogen (secondary N) is 2. The normalized spacial score (nSPS) is 14.3. The predicted molar refractivity (Wildman–Crippen MR) is 142 cm³/mol. The number of halogens is 1. The van der Waals surface area contributed by atoms with Gasteiger partial charge in [-0.15, -0.1) is 0 Å². The van der Waals surface area contributed by atoms with Crippen LogP contribution in [-0.4, -0.2) is 29.4 Å². The van der Waals surface area contributed by atoms with E-state index in [1.54, 1.807) is 30.1 Å². The number of ether oxygens (including phenoxy) is 2.